The van der Waals surface area contributed by atoms with Crippen molar-refractivity contribution < 1.29 is 14.3 Å². The Morgan fingerprint density at radius 2 is 1.81 bits per heavy atom. The van der Waals surface area contributed by atoms with Gasteiger partial charge in [0.25, 0.3) is 5.91 Å². The number of rotatable bonds is 5. The van der Waals surface area contributed by atoms with Crippen LogP contribution in [0.15, 0.2) is 54.6 Å². The Labute approximate surface area is 159 Å². The Morgan fingerprint density at radius 3 is 2.48 bits per heavy atom. The summed E-state index contributed by atoms with van der Waals surface area (Å²) in [5, 5.41) is 2.98. The van der Waals surface area contributed by atoms with Crippen LogP contribution in [0.2, 0.25) is 0 Å². The molecule has 0 unspecified atom stereocenters. The van der Waals surface area contributed by atoms with Gasteiger partial charge in [0.2, 0.25) is 5.91 Å². The van der Waals surface area contributed by atoms with Crippen LogP contribution in [0.3, 0.4) is 0 Å². The van der Waals surface area contributed by atoms with Gasteiger partial charge in [-0.3, -0.25) is 9.59 Å². The molecule has 1 heterocycles. The molecule has 1 N–H and O–H groups in total. The molecule has 1 aliphatic heterocycles. The van der Waals surface area contributed by atoms with Crippen LogP contribution in [0, 0.1) is 0 Å². The minimum Gasteiger partial charge on any atom is -0.477 e. The second-order valence-electron chi connectivity index (χ2n) is 6.84. The highest BCUT2D eigenvalue weighted by Gasteiger charge is 2.32. The zero-order valence-electron chi connectivity index (χ0n) is 15.9. The van der Waals surface area contributed by atoms with Gasteiger partial charge in [0.15, 0.2) is 6.10 Å². The molecule has 2 aromatic rings. The van der Waals surface area contributed by atoms with E-state index in [1.807, 2.05) is 62.6 Å². The number of nitrogens with zero attached hydrogens (tertiary/aromatic N) is 2. The summed E-state index contributed by atoms with van der Waals surface area (Å²) in [5.74, 6) is 0.212. The molecule has 27 heavy (non-hydrogen) atoms. The van der Waals surface area contributed by atoms with Crippen LogP contribution in [0.25, 0.3) is 0 Å². The monoisotopic (exact) mass is 367 g/mol. The number of ether oxygens (including phenoxy) is 1. The summed E-state index contributed by atoms with van der Waals surface area (Å²) in [5.41, 5.74) is 1.83. The van der Waals surface area contributed by atoms with Crippen LogP contribution < -0.4 is 15.0 Å². The van der Waals surface area contributed by atoms with Crippen molar-refractivity contribution >= 4 is 17.5 Å². The lowest BCUT2D eigenvalue weighted by Crippen LogP contribution is -2.51. The summed E-state index contributed by atoms with van der Waals surface area (Å²) < 4.78 is 5.85. The highest BCUT2D eigenvalue weighted by Crippen LogP contribution is 2.33. The molecule has 0 saturated heterocycles. The van der Waals surface area contributed by atoms with Crippen molar-refractivity contribution in [1.82, 2.24) is 10.2 Å². The molecule has 0 fully saturated rings. The SMILES string of the molecule is CC(=O)N1C[C@@H](C(=O)NC[C@H](c2ccccc2)N(C)C)Oc2ccccc21. The summed E-state index contributed by atoms with van der Waals surface area (Å²) >= 11 is 0. The average Bonchev–Trinajstić information content (AvgIpc) is 2.67. The summed E-state index contributed by atoms with van der Waals surface area (Å²) in [6.45, 7) is 2.15. The molecular weight excluding hydrogens is 342 g/mol. The van der Waals surface area contributed by atoms with Crippen molar-refractivity contribution in [3.8, 4) is 5.75 Å². The average molecular weight is 367 g/mol. The van der Waals surface area contributed by atoms with Gasteiger partial charge in [0.1, 0.15) is 5.75 Å². The standard InChI is InChI=1S/C21H25N3O3/c1-15(25)24-14-20(27-19-12-8-7-11-17(19)24)21(26)22-13-18(23(2)3)16-9-5-4-6-10-16/h4-12,18,20H,13-14H2,1-3H3,(H,22,26)/t18-,20+/m1/s1. The molecule has 0 radical (unpaired) electrons. The van der Waals surface area contributed by atoms with Gasteiger partial charge in [0.05, 0.1) is 18.3 Å². The van der Waals surface area contributed by atoms with Gasteiger partial charge < -0.3 is 19.9 Å². The highest BCUT2D eigenvalue weighted by molar-refractivity contribution is 5.95. The first-order valence-corrected chi connectivity index (χ1v) is 9.00. The van der Waals surface area contributed by atoms with Gasteiger partial charge in [-0.1, -0.05) is 42.5 Å². The number of hydrogen-bond donors (Lipinski definition) is 1. The largest absolute Gasteiger partial charge is 0.477 e. The number of benzene rings is 2. The molecular formula is C21H25N3O3. The summed E-state index contributed by atoms with van der Waals surface area (Å²) in [4.78, 5) is 28.4. The van der Waals surface area contributed by atoms with Crippen molar-refractivity contribution in [3.63, 3.8) is 0 Å². The Morgan fingerprint density at radius 1 is 1.15 bits per heavy atom. The predicted octanol–water partition coefficient (Wildman–Crippen LogP) is 2.22. The number of amides is 2. The molecule has 2 atom stereocenters. The van der Waals surface area contributed by atoms with E-state index in [-0.39, 0.29) is 24.4 Å². The first kappa shape index (κ1) is 18.9. The lowest BCUT2D eigenvalue weighted by Gasteiger charge is -2.34. The van der Waals surface area contributed by atoms with E-state index in [0.29, 0.717) is 18.0 Å². The van der Waals surface area contributed by atoms with Crippen LogP contribution in [0.1, 0.15) is 18.5 Å². The molecule has 0 aromatic heterocycles. The van der Waals surface area contributed by atoms with E-state index in [1.165, 1.54) is 6.92 Å². The second-order valence-corrected chi connectivity index (χ2v) is 6.84. The number of anilines is 1. The summed E-state index contributed by atoms with van der Waals surface area (Å²) in [6, 6.07) is 17.4. The van der Waals surface area contributed by atoms with E-state index in [1.54, 1.807) is 11.0 Å². The van der Waals surface area contributed by atoms with Gasteiger partial charge in [-0.25, -0.2) is 0 Å². The minimum atomic E-state index is -0.734. The van der Waals surface area contributed by atoms with E-state index in [9.17, 15) is 9.59 Å². The Bertz CT molecular complexity index is 807. The van der Waals surface area contributed by atoms with Crippen LogP contribution in [-0.2, 0) is 9.59 Å². The number of carbonyl (C=O) groups excluding carboxylic acids is 2. The normalized spacial score (nSPS) is 17.0. The maximum absolute atomic E-state index is 12.7. The Balaban J connectivity index is 1.70. The van der Waals surface area contributed by atoms with E-state index < -0.39 is 6.10 Å². The fraction of sp³-hybridized carbons (Fsp3) is 0.333. The predicted molar refractivity (Wildman–Crippen MR) is 105 cm³/mol. The van der Waals surface area contributed by atoms with E-state index in [4.69, 9.17) is 4.74 Å². The molecule has 0 aliphatic carbocycles. The minimum absolute atomic E-state index is 0.0509. The maximum Gasteiger partial charge on any atom is 0.263 e. The summed E-state index contributed by atoms with van der Waals surface area (Å²) in [7, 11) is 3.96. The lowest BCUT2D eigenvalue weighted by molar-refractivity contribution is -0.128. The smallest absolute Gasteiger partial charge is 0.263 e. The molecule has 1 aliphatic rings. The zero-order chi connectivity index (χ0) is 19.4. The topological polar surface area (TPSA) is 61.9 Å². The van der Waals surface area contributed by atoms with Crippen molar-refractivity contribution in [2.24, 2.45) is 0 Å². The third-order valence-electron chi connectivity index (χ3n) is 4.72. The molecule has 3 rings (SSSR count). The number of carbonyl (C=O) groups is 2. The van der Waals surface area contributed by atoms with Gasteiger partial charge in [-0.05, 0) is 31.8 Å². The van der Waals surface area contributed by atoms with E-state index in [0.717, 1.165) is 5.56 Å². The van der Waals surface area contributed by atoms with Gasteiger partial charge >= 0.3 is 0 Å². The zero-order valence-corrected chi connectivity index (χ0v) is 15.9. The Kier molecular flexibility index (Phi) is 5.76. The number of fused-ring (bicyclic) bond motifs is 1. The lowest BCUT2D eigenvalue weighted by atomic mass is 10.1. The first-order chi connectivity index (χ1) is 13.0. The second kappa shape index (κ2) is 8.22. The summed E-state index contributed by atoms with van der Waals surface area (Å²) in [6.07, 6.45) is -0.734. The number of likely N-dealkylation sites (N-methyl/N-ethyl adjacent to an activating group) is 1. The number of hydrogen-bond acceptors (Lipinski definition) is 4. The fourth-order valence-electron chi connectivity index (χ4n) is 3.25. The number of para-hydroxylation sites is 2. The molecule has 6 nitrogen and oxygen atoms in total. The molecule has 2 aromatic carbocycles. The van der Waals surface area contributed by atoms with Gasteiger partial charge in [-0.2, -0.15) is 0 Å². The van der Waals surface area contributed by atoms with Crippen molar-refractivity contribution in [2.75, 3.05) is 32.1 Å². The molecule has 2 amide bonds. The maximum atomic E-state index is 12.7. The van der Waals surface area contributed by atoms with E-state index in [2.05, 4.69) is 10.2 Å². The van der Waals surface area contributed by atoms with Crippen LogP contribution >= 0.6 is 0 Å². The number of nitrogens with one attached hydrogen (secondary N) is 1. The van der Waals surface area contributed by atoms with Crippen molar-refractivity contribution in [3.05, 3.63) is 60.2 Å². The highest BCUT2D eigenvalue weighted by atomic mass is 16.5. The molecule has 0 bridgehead atoms. The quantitative estimate of drug-likeness (QED) is 0.880. The van der Waals surface area contributed by atoms with E-state index >= 15 is 0 Å². The van der Waals surface area contributed by atoms with Crippen LogP contribution in [0.4, 0.5) is 5.69 Å². The third kappa shape index (κ3) is 4.28. The fourth-order valence-corrected chi connectivity index (χ4v) is 3.25. The van der Waals surface area contributed by atoms with Crippen molar-refractivity contribution in [1.29, 1.82) is 0 Å². The van der Waals surface area contributed by atoms with Crippen molar-refractivity contribution in [2.45, 2.75) is 19.1 Å². The first-order valence-electron chi connectivity index (χ1n) is 9.00. The molecule has 0 spiro atoms. The van der Waals surface area contributed by atoms with Gasteiger partial charge in [-0.15, -0.1) is 0 Å². The molecule has 142 valence electrons. The van der Waals surface area contributed by atoms with Crippen LogP contribution in [0.5, 0.6) is 5.75 Å². The van der Waals surface area contributed by atoms with Gasteiger partial charge in [0, 0.05) is 13.5 Å². The van der Waals surface area contributed by atoms with Crippen LogP contribution in [-0.4, -0.2) is 50.0 Å². The molecule has 0 saturated carbocycles. The Hall–Kier alpha value is -2.86. The molecule has 6 heteroatoms. The third-order valence-corrected chi connectivity index (χ3v) is 4.72.